The standard InChI is InChI=1S/C12H22N2O2S/c13-11(16)12(14-9-3-4-9)5-1-2-10(8-12)17-7-6-15/h9-10,14-15H,1-8H2,(H2,13,16). The lowest BCUT2D eigenvalue weighted by Gasteiger charge is -2.39. The molecule has 2 fully saturated rings. The summed E-state index contributed by atoms with van der Waals surface area (Å²) in [5.41, 5.74) is 5.13. The Kier molecular flexibility index (Phi) is 4.33. The molecule has 0 heterocycles. The van der Waals surface area contributed by atoms with E-state index in [0.717, 1.165) is 31.4 Å². The first kappa shape index (κ1) is 13.2. The summed E-state index contributed by atoms with van der Waals surface area (Å²) < 4.78 is 0. The van der Waals surface area contributed by atoms with E-state index in [-0.39, 0.29) is 12.5 Å². The molecule has 0 saturated heterocycles. The van der Waals surface area contributed by atoms with Crippen LogP contribution in [0, 0.1) is 0 Å². The molecule has 0 bridgehead atoms. The molecule has 4 nitrogen and oxygen atoms in total. The van der Waals surface area contributed by atoms with Crippen molar-refractivity contribution in [3.8, 4) is 0 Å². The van der Waals surface area contributed by atoms with E-state index >= 15 is 0 Å². The van der Waals surface area contributed by atoms with Gasteiger partial charge in [0.05, 0.1) is 12.1 Å². The zero-order valence-electron chi connectivity index (χ0n) is 10.2. The van der Waals surface area contributed by atoms with E-state index in [1.807, 2.05) is 0 Å². The second-order valence-corrected chi connectivity index (χ2v) is 6.59. The molecule has 2 aliphatic carbocycles. The summed E-state index contributed by atoms with van der Waals surface area (Å²) >= 11 is 1.77. The third kappa shape index (κ3) is 3.36. The van der Waals surface area contributed by atoms with Crippen molar-refractivity contribution in [2.24, 2.45) is 5.73 Å². The number of carbonyl (C=O) groups is 1. The monoisotopic (exact) mass is 258 g/mol. The fourth-order valence-electron chi connectivity index (χ4n) is 2.63. The largest absolute Gasteiger partial charge is 0.396 e. The van der Waals surface area contributed by atoms with E-state index in [9.17, 15) is 4.79 Å². The maximum Gasteiger partial charge on any atom is 0.237 e. The summed E-state index contributed by atoms with van der Waals surface area (Å²) in [5.74, 6) is 0.557. The molecule has 5 heteroatoms. The zero-order valence-corrected chi connectivity index (χ0v) is 11.0. The van der Waals surface area contributed by atoms with Gasteiger partial charge in [0.15, 0.2) is 0 Å². The Morgan fingerprint density at radius 3 is 2.82 bits per heavy atom. The molecular weight excluding hydrogens is 236 g/mol. The molecule has 2 rings (SSSR count). The number of carbonyl (C=O) groups excluding carboxylic acids is 1. The Morgan fingerprint density at radius 1 is 1.47 bits per heavy atom. The number of primary amides is 1. The normalized spacial score (nSPS) is 33.6. The number of nitrogens with two attached hydrogens (primary N) is 1. The third-order valence-corrected chi connectivity index (χ3v) is 4.97. The maximum atomic E-state index is 11.8. The molecule has 2 aliphatic rings. The predicted molar refractivity (Wildman–Crippen MR) is 69.9 cm³/mol. The van der Waals surface area contributed by atoms with Crippen molar-refractivity contribution >= 4 is 17.7 Å². The molecule has 1 amide bonds. The van der Waals surface area contributed by atoms with Crippen LogP contribution in [-0.2, 0) is 4.79 Å². The number of amides is 1. The number of aliphatic hydroxyl groups excluding tert-OH is 1. The lowest BCUT2D eigenvalue weighted by atomic mass is 9.80. The van der Waals surface area contributed by atoms with Crippen LogP contribution in [-0.4, -0.2) is 40.2 Å². The van der Waals surface area contributed by atoms with Crippen molar-refractivity contribution in [1.82, 2.24) is 5.32 Å². The minimum Gasteiger partial charge on any atom is -0.396 e. The van der Waals surface area contributed by atoms with Gasteiger partial charge in [-0.2, -0.15) is 11.8 Å². The van der Waals surface area contributed by atoms with E-state index in [0.29, 0.717) is 11.3 Å². The molecule has 0 radical (unpaired) electrons. The molecule has 98 valence electrons. The third-order valence-electron chi connectivity index (χ3n) is 3.68. The van der Waals surface area contributed by atoms with Crippen LogP contribution < -0.4 is 11.1 Å². The number of thioether (sulfide) groups is 1. The quantitative estimate of drug-likeness (QED) is 0.653. The number of hydrogen-bond donors (Lipinski definition) is 3. The Hall–Kier alpha value is -0.260. The van der Waals surface area contributed by atoms with Crippen molar-refractivity contribution in [1.29, 1.82) is 0 Å². The minimum atomic E-state index is -0.480. The van der Waals surface area contributed by atoms with Crippen molar-refractivity contribution < 1.29 is 9.90 Å². The molecule has 2 atom stereocenters. The van der Waals surface area contributed by atoms with E-state index in [1.165, 1.54) is 12.8 Å². The minimum absolute atomic E-state index is 0.196. The lowest BCUT2D eigenvalue weighted by Crippen LogP contribution is -2.59. The smallest absolute Gasteiger partial charge is 0.237 e. The van der Waals surface area contributed by atoms with Gasteiger partial charge in [-0.15, -0.1) is 0 Å². The Labute approximate surface area is 107 Å². The van der Waals surface area contributed by atoms with Crippen molar-refractivity contribution in [2.75, 3.05) is 12.4 Å². The van der Waals surface area contributed by atoms with Crippen molar-refractivity contribution in [3.63, 3.8) is 0 Å². The Bertz CT molecular complexity index is 284. The van der Waals surface area contributed by atoms with Crippen LogP contribution >= 0.6 is 11.8 Å². The number of nitrogens with one attached hydrogen (secondary N) is 1. The van der Waals surface area contributed by atoms with Gasteiger partial charge in [-0.3, -0.25) is 4.79 Å². The molecule has 0 spiro atoms. The lowest BCUT2D eigenvalue weighted by molar-refractivity contribution is -0.125. The highest BCUT2D eigenvalue weighted by Crippen LogP contribution is 2.37. The summed E-state index contributed by atoms with van der Waals surface area (Å²) in [6.07, 6.45) is 6.21. The van der Waals surface area contributed by atoms with E-state index in [1.54, 1.807) is 11.8 Å². The van der Waals surface area contributed by atoms with Gasteiger partial charge in [0.2, 0.25) is 5.91 Å². The first-order valence-electron chi connectivity index (χ1n) is 6.46. The van der Waals surface area contributed by atoms with Crippen molar-refractivity contribution in [3.05, 3.63) is 0 Å². The van der Waals surface area contributed by atoms with Crippen LogP contribution in [0.2, 0.25) is 0 Å². The predicted octanol–water partition coefficient (Wildman–Crippen LogP) is 0.631. The summed E-state index contributed by atoms with van der Waals surface area (Å²) in [6, 6.07) is 0.504. The van der Waals surface area contributed by atoms with E-state index < -0.39 is 5.54 Å². The Balaban J connectivity index is 1.96. The van der Waals surface area contributed by atoms with Gasteiger partial charge in [-0.25, -0.2) is 0 Å². The summed E-state index contributed by atoms with van der Waals surface area (Å²) in [7, 11) is 0. The molecule has 0 aromatic rings. The fraction of sp³-hybridized carbons (Fsp3) is 0.917. The molecule has 0 aliphatic heterocycles. The second kappa shape index (κ2) is 5.59. The highest BCUT2D eigenvalue weighted by Gasteiger charge is 2.44. The zero-order chi connectivity index (χ0) is 12.3. The Morgan fingerprint density at radius 2 is 2.24 bits per heavy atom. The second-order valence-electron chi connectivity index (χ2n) is 5.18. The van der Waals surface area contributed by atoms with Gasteiger partial charge in [0.25, 0.3) is 0 Å². The van der Waals surface area contributed by atoms with Gasteiger partial charge >= 0.3 is 0 Å². The molecule has 0 aromatic carbocycles. The first-order chi connectivity index (χ1) is 8.16. The van der Waals surface area contributed by atoms with E-state index in [2.05, 4.69) is 5.32 Å². The average molecular weight is 258 g/mol. The summed E-state index contributed by atoms with van der Waals surface area (Å²) in [5, 5.41) is 12.8. The van der Waals surface area contributed by atoms with Gasteiger partial charge in [0, 0.05) is 17.0 Å². The van der Waals surface area contributed by atoms with Crippen LogP contribution in [0.3, 0.4) is 0 Å². The molecule has 2 unspecified atom stereocenters. The number of aliphatic hydroxyl groups is 1. The van der Waals surface area contributed by atoms with Gasteiger partial charge in [-0.1, -0.05) is 0 Å². The van der Waals surface area contributed by atoms with Crippen LogP contribution in [0.15, 0.2) is 0 Å². The van der Waals surface area contributed by atoms with Gasteiger partial charge < -0.3 is 16.2 Å². The molecular formula is C12H22N2O2S. The molecule has 4 N–H and O–H groups in total. The molecule has 2 saturated carbocycles. The molecule has 17 heavy (non-hydrogen) atoms. The first-order valence-corrected chi connectivity index (χ1v) is 7.51. The van der Waals surface area contributed by atoms with Crippen LogP contribution in [0.1, 0.15) is 38.5 Å². The van der Waals surface area contributed by atoms with Crippen LogP contribution in [0.5, 0.6) is 0 Å². The summed E-state index contributed by atoms with van der Waals surface area (Å²) in [6.45, 7) is 0.209. The maximum absolute atomic E-state index is 11.8. The average Bonchev–Trinajstić information content (AvgIpc) is 3.10. The number of hydrogen-bond acceptors (Lipinski definition) is 4. The van der Waals surface area contributed by atoms with Gasteiger partial charge in [-0.05, 0) is 38.5 Å². The highest BCUT2D eigenvalue weighted by atomic mass is 32.2. The van der Waals surface area contributed by atoms with Gasteiger partial charge in [0.1, 0.15) is 0 Å². The van der Waals surface area contributed by atoms with Crippen molar-refractivity contribution in [2.45, 2.75) is 55.4 Å². The summed E-state index contributed by atoms with van der Waals surface area (Å²) in [4.78, 5) is 11.8. The SMILES string of the molecule is NC(=O)C1(NC2CC2)CCCC(SCCO)C1. The highest BCUT2D eigenvalue weighted by molar-refractivity contribution is 7.99. The topological polar surface area (TPSA) is 75.4 Å². The van der Waals surface area contributed by atoms with E-state index in [4.69, 9.17) is 10.8 Å². The molecule has 0 aromatic heterocycles. The van der Waals surface area contributed by atoms with Crippen LogP contribution in [0.4, 0.5) is 0 Å². The number of rotatable bonds is 6. The van der Waals surface area contributed by atoms with Crippen LogP contribution in [0.25, 0.3) is 0 Å². The fourth-order valence-corrected chi connectivity index (χ4v) is 3.80.